The zero-order valence-corrected chi connectivity index (χ0v) is 16.9. The number of carbonyl (C=O) groups excluding carboxylic acids is 1. The average Bonchev–Trinajstić information content (AvgIpc) is 2.71. The maximum absolute atomic E-state index is 12.0. The van der Waals surface area contributed by atoms with Crippen LogP contribution in [0, 0.1) is 6.92 Å². The van der Waals surface area contributed by atoms with Crippen LogP contribution >= 0.6 is 0 Å². The van der Waals surface area contributed by atoms with Gasteiger partial charge in [-0.1, -0.05) is 18.2 Å². The van der Waals surface area contributed by atoms with E-state index in [1.54, 1.807) is 7.11 Å². The van der Waals surface area contributed by atoms with Crippen LogP contribution in [0.25, 0.3) is 0 Å². The average molecular weight is 388 g/mol. The van der Waals surface area contributed by atoms with Crippen LogP contribution in [0.4, 0.5) is 0 Å². The normalized spacial score (nSPS) is 10.6. The Bertz CT molecular complexity index is 754. The fraction of sp³-hybridized carbons (Fsp3) is 0.409. The molecule has 0 fully saturated rings. The molecule has 28 heavy (non-hydrogen) atoms. The van der Waals surface area contributed by atoms with Crippen molar-refractivity contribution in [2.75, 3.05) is 34.7 Å². The van der Waals surface area contributed by atoms with Crippen molar-refractivity contribution in [2.45, 2.75) is 26.4 Å². The number of esters is 1. The van der Waals surface area contributed by atoms with Gasteiger partial charge in [0.1, 0.15) is 17.1 Å². The molecule has 0 aliphatic rings. The van der Waals surface area contributed by atoms with Crippen LogP contribution in [-0.2, 0) is 27.2 Å². The largest absolute Gasteiger partial charge is 0.497 e. The van der Waals surface area contributed by atoms with E-state index in [4.69, 9.17) is 23.7 Å². The smallest absolute Gasteiger partial charge is 0.341 e. The van der Waals surface area contributed by atoms with Crippen LogP contribution in [0.3, 0.4) is 0 Å². The number of rotatable bonds is 11. The van der Waals surface area contributed by atoms with E-state index in [1.165, 1.54) is 14.2 Å². The van der Waals surface area contributed by atoms with Crippen LogP contribution in [-0.4, -0.2) is 40.7 Å². The van der Waals surface area contributed by atoms with E-state index in [1.807, 2.05) is 43.3 Å². The maximum atomic E-state index is 12.0. The molecule has 0 saturated carbocycles. The Morgan fingerprint density at radius 2 is 1.75 bits per heavy atom. The molecule has 0 N–H and O–H groups in total. The minimum absolute atomic E-state index is 0.0673. The topological polar surface area (TPSA) is 63.2 Å². The molecule has 0 aromatic heterocycles. The third kappa shape index (κ3) is 6.25. The van der Waals surface area contributed by atoms with E-state index < -0.39 is 5.97 Å². The molecular formula is C22H28O6. The van der Waals surface area contributed by atoms with Crippen LogP contribution in [0.2, 0.25) is 0 Å². The van der Waals surface area contributed by atoms with Crippen molar-refractivity contribution in [3.8, 4) is 11.5 Å². The Kier molecular flexibility index (Phi) is 8.78. The SMILES string of the molecule is COCOc1cc(CCCOCc2ccc(OC)cc2)cc(C)c1C(=O)OC. The number of hydrogen-bond donors (Lipinski definition) is 0. The van der Waals surface area contributed by atoms with Crippen molar-refractivity contribution in [1.82, 2.24) is 0 Å². The van der Waals surface area contributed by atoms with Crippen LogP contribution in [0.15, 0.2) is 36.4 Å². The van der Waals surface area contributed by atoms with E-state index in [2.05, 4.69) is 0 Å². The summed E-state index contributed by atoms with van der Waals surface area (Å²) in [6.45, 7) is 3.14. The Hall–Kier alpha value is -2.57. The quantitative estimate of drug-likeness (QED) is 0.330. The Morgan fingerprint density at radius 1 is 1.00 bits per heavy atom. The second-order valence-electron chi connectivity index (χ2n) is 6.33. The molecule has 0 atom stereocenters. The van der Waals surface area contributed by atoms with Crippen LogP contribution < -0.4 is 9.47 Å². The lowest BCUT2D eigenvalue weighted by atomic mass is 10.0. The van der Waals surface area contributed by atoms with Crippen molar-refractivity contribution < 1.29 is 28.5 Å². The zero-order valence-electron chi connectivity index (χ0n) is 16.9. The fourth-order valence-corrected chi connectivity index (χ4v) is 2.86. The number of hydrogen-bond acceptors (Lipinski definition) is 6. The zero-order chi connectivity index (χ0) is 20.4. The lowest BCUT2D eigenvalue weighted by Crippen LogP contribution is -2.10. The summed E-state index contributed by atoms with van der Waals surface area (Å²) in [6, 6.07) is 11.7. The molecular weight excluding hydrogens is 360 g/mol. The summed E-state index contributed by atoms with van der Waals surface area (Å²) >= 11 is 0. The Labute approximate surface area is 166 Å². The van der Waals surface area contributed by atoms with Gasteiger partial charge in [0, 0.05) is 13.7 Å². The van der Waals surface area contributed by atoms with E-state index >= 15 is 0 Å². The minimum atomic E-state index is -0.419. The first-order valence-corrected chi connectivity index (χ1v) is 9.13. The summed E-state index contributed by atoms with van der Waals surface area (Å²) in [6.07, 6.45) is 1.67. The van der Waals surface area contributed by atoms with E-state index in [0.29, 0.717) is 24.5 Å². The third-order valence-electron chi connectivity index (χ3n) is 4.26. The van der Waals surface area contributed by atoms with Gasteiger partial charge in [-0.3, -0.25) is 0 Å². The molecule has 0 spiro atoms. The lowest BCUT2D eigenvalue weighted by molar-refractivity contribution is 0.0463. The third-order valence-corrected chi connectivity index (χ3v) is 4.26. The highest BCUT2D eigenvalue weighted by Crippen LogP contribution is 2.26. The molecule has 0 unspecified atom stereocenters. The van der Waals surface area contributed by atoms with Crippen LogP contribution in [0.5, 0.6) is 11.5 Å². The predicted octanol–water partition coefficient (Wildman–Crippen LogP) is 3.92. The lowest BCUT2D eigenvalue weighted by Gasteiger charge is -2.14. The van der Waals surface area contributed by atoms with Crippen molar-refractivity contribution in [3.63, 3.8) is 0 Å². The summed E-state index contributed by atoms with van der Waals surface area (Å²) < 4.78 is 26.3. The molecule has 0 radical (unpaired) electrons. The highest BCUT2D eigenvalue weighted by Gasteiger charge is 2.17. The highest BCUT2D eigenvalue weighted by atomic mass is 16.7. The first kappa shape index (κ1) is 21.7. The number of aryl methyl sites for hydroxylation is 2. The molecule has 0 bridgehead atoms. The summed E-state index contributed by atoms with van der Waals surface area (Å²) in [5.74, 6) is 0.891. The summed E-state index contributed by atoms with van der Waals surface area (Å²) in [5, 5.41) is 0. The number of carbonyl (C=O) groups is 1. The molecule has 152 valence electrons. The molecule has 2 aromatic carbocycles. The monoisotopic (exact) mass is 388 g/mol. The number of methoxy groups -OCH3 is 3. The molecule has 0 aliphatic carbocycles. The first-order chi connectivity index (χ1) is 13.6. The predicted molar refractivity (Wildman–Crippen MR) is 106 cm³/mol. The van der Waals surface area contributed by atoms with Gasteiger partial charge in [0.05, 0.1) is 20.8 Å². The summed E-state index contributed by atoms with van der Waals surface area (Å²) in [7, 11) is 4.54. The minimum Gasteiger partial charge on any atom is -0.497 e. The van der Waals surface area contributed by atoms with Gasteiger partial charge in [-0.15, -0.1) is 0 Å². The maximum Gasteiger partial charge on any atom is 0.341 e. The van der Waals surface area contributed by atoms with Crippen LogP contribution in [0.1, 0.15) is 33.5 Å². The molecule has 0 heterocycles. The Morgan fingerprint density at radius 3 is 2.39 bits per heavy atom. The van der Waals surface area contributed by atoms with E-state index in [-0.39, 0.29) is 6.79 Å². The molecule has 6 heteroatoms. The molecule has 6 nitrogen and oxygen atoms in total. The highest BCUT2D eigenvalue weighted by molar-refractivity contribution is 5.94. The van der Waals surface area contributed by atoms with E-state index in [0.717, 1.165) is 35.3 Å². The van der Waals surface area contributed by atoms with Crippen molar-refractivity contribution >= 4 is 5.97 Å². The van der Waals surface area contributed by atoms with Gasteiger partial charge in [0.15, 0.2) is 6.79 Å². The van der Waals surface area contributed by atoms with Gasteiger partial charge >= 0.3 is 5.97 Å². The van der Waals surface area contributed by atoms with Crippen molar-refractivity contribution in [2.24, 2.45) is 0 Å². The van der Waals surface area contributed by atoms with Gasteiger partial charge in [0.2, 0.25) is 0 Å². The van der Waals surface area contributed by atoms with E-state index in [9.17, 15) is 4.79 Å². The van der Waals surface area contributed by atoms with Gasteiger partial charge in [-0.25, -0.2) is 4.79 Å². The molecule has 0 amide bonds. The second kappa shape index (κ2) is 11.3. The Balaban J connectivity index is 1.90. The van der Waals surface area contributed by atoms with Crippen molar-refractivity contribution in [3.05, 3.63) is 58.7 Å². The molecule has 0 saturated heterocycles. The molecule has 0 aliphatic heterocycles. The fourth-order valence-electron chi connectivity index (χ4n) is 2.86. The molecule has 2 rings (SSSR count). The van der Waals surface area contributed by atoms with Gasteiger partial charge < -0.3 is 23.7 Å². The summed E-state index contributed by atoms with van der Waals surface area (Å²) in [5.41, 5.74) is 3.42. The number of ether oxygens (including phenoxy) is 5. The number of benzene rings is 2. The molecule has 2 aromatic rings. The van der Waals surface area contributed by atoms with Gasteiger partial charge in [-0.2, -0.15) is 0 Å². The van der Waals surface area contributed by atoms with Gasteiger partial charge in [-0.05, 0) is 54.7 Å². The summed E-state index contributed by atoms with van der Waals surface area (Å²) in [4.78, 5) is 12.0. The van der Waals surface area contributed by atoms with Crippen molar-refractivity contribution in [1.29, 1.82) is 0 Å². The standard InChI is InChI=1S/C22H28O6/c1-16-12-18(13-20(28-15-24-2)21(16)22(23)26-4)6-5-11-27-14-17-7-9-19(25-3)10-8-17/h7-10,12-13H,5-6,11,14-15H2,1-4H3. The second-order valence-corrected chi connectivity index (χ2v) is 6.33. The first-order valence-electron chi connectivity index (χ1n) is 9.13. The van der Waals surface area contributed by atoms with Gasteiger partial charge in [0.25, 0.3) is 0 Å².